The fourth-order valence-electron chi connectivity index (χ4n) is 7.33. The summed E-state index contributed by atoms with van der Waals surface area (Å²) in [5.74, 6) is -2.08. The van der Waals surface area contributed by atoms with Crippen LogP contribution in [0.15, 0.2) is 23.3 Å². The predicted octanol–water partition coefficient (Wildman–Crippen LogP) is 3.39. The van der Waals surface area contributed by atoms with Gasteiger partial charge in [0.1, 0.15) is 5.60 Å². The number of carbonyl (C=O) groups excluding carboxylic acids is 3. The Bertz CT molecular complexity index is 962. The summed E-state index contributed by atoms with van der Waals surface area (Å²) in [7, 11) is 0. The molecule has 2 fully saturated rings. The first-order chi connectivity index (χ1) is 15.4. The molecule has 0 aromatic heterocycles. The van der Waals surface area contributed by atoms with Crippen molar-refractivity contribution in [2.45, 2.75) is 77.7 Å². The second kappa shape index (κ2) is 8.19. The number of hydrogen-bond donors (Lipinski definition) is 2. The van der Waals surface area contributed by atoms with Gasteiger partial charge in [0.05, 0.1) is 12.8 Å². The number of aliphatic hydroxyl groups is 1. The lowest BCUT2D eigenvalue weighted by Gasteiger charge is -2.54. The van der Waals surface area contributed by atoms with Crippen LogP contribution < -0.4 is 0 Å². The number of ether oxygens (including phenoxy) is 1. The third-order valence-electron chi connectivity index (χ3n) is 9.25. The molecule has 0 bridgehead atoms. The molecule has 4 aliphatic carbocycles. The number of Topliss-reactive ketones (excluding diaryl/α,β-unsaturated/α-hetero) is 1. The van der Waals surface area contributed by atoms with E-state index in [0.29, 0.717) is 19.3 Å². The van der Waals surface area contributed by atoms with Crippen molar-refractivity contribution in [1.82, 2.24) is 0 Å². The van der Waals surface area contributed by atoms with Gasteiger partial charge in [0, 0.05) is 17.3 Å². The number of carboxylic acid groups (broad SMARTS) is 1. The van der Waals surface area contributed by atoms with E-state index in [0.717, 1.165) is 19.3 Å². The van der Waals surface area contributed by atoms with E-state index in [1.807, 2.05) is 19.9 Å². The highest BCUT2D eigenvalue weighted by atomic mass is 16.5. The molecule has 0 aromatic rings. The quantitative estimate of drug-likeness (QED) is 0.463. The summed E-state index contributed by atoms with van der Waals surface area (Å²) < 4.78 is 5.04. The Hall–Kier alpha value is -2.28. The Kier molecular flexibility index (Phi) is 5.92. The van der Waals surface area contributed by atoms with Crippen LogP contribution in [-0.4, -0.2) is 45.9 Å². The molecule has 6 atom stereocenters. The van der Waals surface area contributed by atoms with Gasteiger partial charge >= 0.3 is 11.9 Å². The van der Waals surface area contributed by atoms with E-state index < -0.39 is 35.3 Å². The lowest BCUT2D eigenvalue weighted by molar-refractivity contribution is -0.168. The maximum Gasteiger partial charge on any atom is 0.306 e. The van der Waals surface area contributed by atoms with Gasteiger partial charge in [-0.3, -0.25) is 19.2 Å². The molecule has 0 radical (unpaired) electrons. The average Bonchev–Trinajstić information content (AvgIpc) is 2.98. The SMILES string of the molecule is C[C@H]1C[C@H]2[C@@H]3CCC4=CC(=O)CC[C@]4(C)C3=CC[C@]2(C)[C@@]1(O)C(=O)COC(=O)CCC(=O)O. The van der Waals surface area contributed by atoms with Crippen molar-refractivity contribution in [1.29, 1.82) is 0 Å². The zero-order chi connectivity index (χ0) is 24.2. The third kappa shape index (κ3) is 3.59. The Morgan fingerprint density at radius 2 is 1.91 bits per heavy atom. The minimum absolute atomic E-state index is 0.119. The van der Waals surface area contributed by atoms with Crippen LogP contribution in [0.4, 0.5) is 0 Å². The molecule has 0 amide bonds. The molecule has 7 heteroatoms. The van der Waals surface area contributed by atoms with Gasteiger partial charge in [-0.1, -0.05) is 38.0 Å². The van der Waals surface area contributed by atoms with Crippen molar-refractivity contribution >= 4 is 23.5 Å². The van der Waals surface area contributed by atoms with Gasteiger partial charge in [-0.05, 0) is 55.9 Å². The number of aliphatic carboxylic acids is 1. The summed E-state index contributed by atoms with van der Waals surface area (Å²) in [6, 6.07) is 0. The zero-order valence-corrected chi connectivity index (χ0v) is 19.7. The van der Waals surface area contributed by atoms with E-state index in [2.05, 4.69) is 13.0 Å². The smallest absolute Gasteiger partial charge is 0.306 e. The van der Waals surface area contributed by atoms with E-state index in [1.54, 1.807) is 0 Å². The minimum atomic E-state index is -1.62. The summed E-state index contributed by atoms with van der Waals surface area (Å²) >= 11 is 0. The number of rotatable bonds is 6. The van der Waals surface area contributed by atoms with Crippen LogP contribution in [0.1, 0.15) is 72.1 Å². The highest BCUT2D eigenvalue weighted by Gasteiger charge is 2.67. The van der Waals surface area contributed by atoms with Gasteiger partial charge in [-0.15, -0.1) is 0 Å². The third-order valence-corrected chi connectivity index (χ3v) is 9.25. The monoisotopic (exact) mass is 458 g/mol. The van der Waals surface area contributed by atoms with Gasteiger partial charge < -0.3 is 14.9 Å². The average molecular weight is 459 g/mol. The number of ketones is 2. The number of carbonyl (C=O) groups is 4. The second-order valence-corrected chi connectivity index (χ2v) is 10.9. The van der Waals surface area contributed by atoms with Gasteiger partial charge in [-0.2, -0.15) is 0 Å². The maximum atomic E-state index is 13.3. The molecule has 7 nitrogen and oxygen atoms in total. The summed E-state index contributed by atoms with van der Waals surface area (Å²) in [5.41, 5.74) is 0.167. The van der Waals surface area contributed by atoms with Crippen LogP contribution >= 0.6 is 0 Å². The molecule has 2 saturated carbocycles. The van der Waals surface area contributed by atoms with Crippen LogP contribution in [0.3, 0.4) is 0 Å². The van der Waals surface area contributed by atoms with Crippen LogP contribution in [0.2, 0.25) is 0 Å². The molecule has 4 rings (SSSR count). The molecule has 0 aliphatic heterocycles. The van der Waals surface area contributed by atoms with Crippen LogP contribution in [-0.2, 0) is 23.9 Å². The van der Waals surface area contributed by atoms with Gasteiger partial charge in [0.15, 0.2) is 12.4 Å². The first kappa shape index (κ1) is 23.9. The molecule has 0 unspecified atom stereocenters. The van der Waals surface area contributed by atoms with E-state index >= 15 is 0 Å². The number of carboxylic acids is 1. The predicted molar refractivity (Wildman–Crippen MR) is 119 cm³/mol. The number of hydrogen-bond acceptors (Lipinski definition) is 6. The molecule has 33 heavy (non-hydrogen) atoms. The Labute approximate surface area is 194 Å². The van der Waals surface area contributed by atoms with Crippen molar-refractivity contribution < 1.29 is 34.1 Å². The van der Waals surface area contributed by atoms with Crippen LogP contribution in [0, 0.1) is 28.6 Å². The Morgan fingerprint density at radius 3 is 2.61 bits per heavy atom. The second-order valence-electron chi connectivity index (χ2n) is 10.9. The van der Waals surface area contributed by atoms with Crippen molar-refractivity contribution in [3.63, 3.8) is 0 Å². The summed E-state index contributed by atoms with van der Waals surface area (Å²) in [6.45, 7) is 5.56. The fourth-order valence-corrected chi connectivity index (χ4v) is 7.33. The molecule has 0 heterocycles. The van der Waals surface area contributed by atoms with E-state index in [4.69, 9.17) is 9.84 Å². The number of esters is 1. The van der Waals surface area contributed by atoms with Crippen LogP contribution in [0.5, 0.6) is 0 Å². The largest absolute Gasteiger partial charge is 0.481 e. The molecule has 180 valence electrons. The number of fused-ring (bicyclic) bond motifs is 5. The Morgan fingerprint density at radius 1 is 1.18 bits per heavy atom. The van der Waals surface area contributed by atoms with Crippen molar-refractivity contribution in [2.24, 2.45) is 28.6 Å². The number of allylic oxidation sites excluding steroid dienone is 4. The topological polar surface area (TPSA) is 118 Å². The van der Waals surface area contributed by atoms with E-state index in [1.165, 1.54) is 11.1 Å². The normalized spacial score (nSPS) is 39.5. The standard InChI is InChI=1S/C26H34O7/c1-15-12-20-18-5-4-16-13-17(27)8-10-24(16,2)19(18)9-11-25(20,3)26(15,32)21(28)14-33-23(31)7-6-22(29)30/h9,13,15,18,20,32H,4-8,10-12,14H2,1-3H3,(H,29,30)/t15-,18+,20-,24-,25-,26-/m0/s1. The van der Waals surface area contributed by atoms with Gasteiger partial charge in [0.2, 0.25) is 5.78 Å². The highest BCUT2D eigenvalue weighted by Crippen LogP contribution is 2.66. The molecule has 0 aromatic carbocycles. The molecular formula is C26H34O7. The summed E-state index contributed by atoms with van der Waals surface area (Å²) in [4.78, 5) is 47.7. The van der Waals surface area contributed by atoms with Gasteiger partial charge in [-0.25, -0.2) is 0 Å². The molecular weight excluding hydrogens is 424 g/mol. The Balaban J connectivity index is 1.57. The van der Waals surface area contributed by atoms with E-state index in [-0.39, 0.29) is 41.8 Å². The first-order valence-corrected chi connectivity index (χ1v) is 12.0. The zero-order valence-electron chi connectivity index (χ0n) is 19.7. The fraction of sp³-hybridized carbons (Fsp3) is 0.692. The first-order valence-electron chi connectivity index (χ1n) is 12.0. The molecule has 0 spiro atoms. The van der Waals surface area contributed by atoms with Crippen LogP contribution in [0.25, 0.3) is 0 Å². The lowest BCUT2D eigenvalue weighted by atomic mass is 9.50. The molecule has 4 aliphatic rings. The minimum Gasteiger partial charge on any atom is -0.481 e. The van der Waals surface area contributed by atoms with Gasteiger partial charge in [0.25, 0.3) is 0 Å². The molecule has 2 N–H and O–H groups in total. The molecule has 0 saturated heterocycles. The highest BCUT2D eigenvalue weighted by molar-refractivity contribution is 5.92. The van der Waals surface area contributed by atoms with Crippen molar-refractivity contribution in [2.75, 3.05) is 6.61 Å². The lowest BCUT2D eigenvalue weighted by Crippen LogP contribution is -2.57. The summed E-state index contributed by atoms with van der Waals surface area (Å²) in [5, 5.41) is 20.5. The van der Waals surface area contributed by atoms with Crippen molar-refractivity contribution in [3.8, 4) is 0 Å². The maximum absolute atomic E-state index is 13.3. The summed E-state index contributed by atoms with van der Waals surface area (Å²) in [6.07, 6.45) is 7.78. The van der Waals surface area contributed by atoms with E-state index in [9.17, 15) is 24.3 Å². The van der Waals surface area contributed by atoms with Crippen molar-refractivity contribution in [3.05, 3.63) is 23.3 Å².